The van der Waals surface area contributed by atoms with Crippen LogP contribution in [0.15, 0.2) is 42.7 Å². The Morgan fingerprint density at radius 3 is 2.80 bits per heavy atom. The Kier molecular flexibility index (Phi) is 4.10. The van der Waals surface area contributed by atoms with Crippen LogP contribution in [-0.2, 0) is 11.8 Å². The van der Waals surface area contributed by atoms with Gasteiger partial charge in [-0.2, -0.15) is 5.10 Å². The number of amides is 1. The van der Waals surface area contributed by atoms with Gasteiger partial charge in [0, 0.05) is 37.0 Å². The molecule has 0 saturated carbocycles. The number of carbonyl (C=O) groups excluding carboxylic acids is 2. The zero-order chi connectivity index (χ0) is 14.5. The summed E-state index contributed by atoms with van der Waals surface area (Å²) < 4.78 is 1.67. The molecular formula is C15H15N3O2. The van der Waals surface area contributed by atoms with Crippen LogP contribution in [-0.4, -0.2) is 21.5 Å². The Labute approximate surface area is 116 Å². The van der Waals surface area contributed by atoms with E-state index in [4.69, 9.17) is 0 Å². The zero-order valence-corrected chi connectivity index (χ0v) is 11.3. The quantitative estimate of drug-likeness (QED) is 0.684. The Morgan fingerprint density at radius 2 is 2.15 bits per heavy atom. The summed E-state index contributed by atoms with van der Waals surface area (Å²) >= 11 is 0. The molecule has 0 unspecified atom stereocenters. The van der Waals surface area contributed by atoms with E-state index < -0.39 is 0 Å². The molecule has 102 valence electrons. The van der Waals surface area contributed by atoms with E-state index in [2.05, 4.69) is 10.4 Å². The Morgan fingerprint density at radius 1 is 1.35 bits per heavy atom. The topological polar surface area (TPSA) is 64.0 Å². The fourth-order valence-electron chi connectivity index (χ4n) is 1.75. The number of carbonyl (C=O) groups is 2. The fourth-order valence-corrected chi connectivity index (χ4v) is 1.75. The van der Waals surface area contributed by atoms with Crippen molar-refractivity contribution in [3.8, 4) is 0 Å². The zero-order valence-electron chi connectivity index (χ0n) is 11.3. The lowest BCUT2D eigenvalue weighted by molar-refractivity contribution is -0.114. The number of anilines is 1. The molecule has 0 spiro atoms. The molecule has 0 aliphatic rings. The smallest absolute Gasteiger partial charge is 0.221 e. The van der Waals surface area contributed by atoms with Crippen LogP contribution in [0.1, 0.15) is 22.8 Å². The summed E-state index contributed by atoms with van der Waals surface area (Å²) in [6.45, 7) is 1.43. The highest BCUT2D eigenvalue weighted by Crippen LogP contribution is 2.12. The van der Waals surface area contributed by atoms with Gasteiger partial charge in [0.15, 0.2) is 5.78 Å². The number of nitrogens with zero attached hydrogens (tertiary/aromatic N) is 2. The van der Waals surface area contributed by atoms with Gasteiger partial charge in [0.1, 0.15) is 0 Å². The van der Waals surface area contributed by atoms with Crippen LogP contribution in [0.25, 0.3) is 6.08 Å². The molecule has 1 N–H and O–H groups in total. The summed E-state index contributed by atoms with van der Waals surface area (Å²) in [6, 6.07) is 6.83. The standard InChI is InChI=1S/C15H15N3O2/c1-11(19)17-14-5-3-4-13(8-14)15(20)7-6-12-9-16-18(2)10-12/h3-10H,1-2H3,(H,17,19)/b7-6-. The van der Waals surface area contributed by atoms with E-state index in [-0.39, 0.29) is 11.7 Å². The van der Waals surface area contributed by atoms with Crippen LogP contribution >= 0.6 is 0 Å². The molecule has 1 aromatic carbocycles. The van der Waals surface area contributed by atoms with Crippen molar-refractivity contribution in [2.24, 2.45) is 7.05 Å². The van der Waals surface area contributed by atoms with Crippen molar-refractivity contribution in [3.63, 3.8) is 0 Å². The molecule has 1 aromatic heterocycles. The van der Waals surface area contributed by atoms with E-state index in [1.165, 1.54) is 13.0 Å². The maximum Gasteiger partial charge on any atom is 0.221 e. The first-order chi connectivity index (χ1) is 9.54. The molecule has 0 fully saturated rings. The molecule has 0 aliphatic heterocycles. The van der Waals surface area contributed by atoms with Crippen molar-refractivity contribution >= 4 is 23.5 Å². The summed E-state index contributed by atoms with van der Waals surface area (Å²) in [5, 5.41) is 6.67. The summed E-state index contributed by atoms with van der Waals surface area (Å²) in [6.07, 6.45) is 6.69. The molecule has 0 saturated heterocycles. The Hall–Kier alpha value is -2.69. The number of aromatic nitrogens is 2. The molecule has 0 radical (unpaired) electrons. The van der Waals surface area contributed by atoms with E-state index in [1.54, 1.807) is 41.2 Å². The average molecular weight is 269 g/mol. The minimum atomic E-state index is -0.166. The van der Waals surface area contributed by atoms with Crippen molar-refractivity contribution in [3.05, 3.63) is 53.9 Å². The third kappa shape index (κ3) is 3.65. The molecule has 1 heterocycles. The molecule has 1 amide bonds. The van der Waals surface area contributed by atoms with Crippen molar-refractivity contribution < 1.29 is 9.59 Å². The highest BCUT2D eigenvalue weighted by atomic mass is 16.1. The predicted octanol–water partition coefficient (Wildman–Crippen LogP) is 2.27. The molecule has 5 nitrogen and oxygen atoms in total. The van der Waals surface area contributed by atoms with Gasteiger partial charge in [0.25, 0.3) is 0 Å². The van der Waals surface area contributed by atoms with Gasteiger partial charge >= 0.3 is 0 Å². The number of hydrogen-bond donors (Lipinski definition) is 1. The van der Waals surface area contributed by atoms with Gasteiger partial charge in [0.2, 0.25) is 5.91 Å². The first-order valence-electron chi connectivity index (χ1n) is 6.13. The van der Waals surface area contributed by atoms with Crippen molar-refractivity contribution in [2.45, 2.75) is 6.92 Å². The van der Waals surface area contributed by atoms with Crippen LogP contribution in [0.5, 0.6) is 0 Å². The molecule has 0 atom stereocenters. The van der Waals surface area contributed by atoms with Gasteiger partial charge in [-0.3, -0.25) is 14.3 Å². The summed E-state index contributed by atoms with van der Waals surface area (Å²) in [5.74, 6) is -0.290. The second-order valence-electron chi connectivity index (χ2n) is 4.41. The first-order valence-corrected chi connectivity index (χ1v) is 6.13. The van der Waals surface area contributed by atoms with Crippen LogP contribution in [0, 0.1) is 0 Å². The number of allylic oxidation sites excluding steroid dienone is 1. The minimum Gasteiger partial charge on any atom is -0.326 e. The summed E-state index contributed by atoms with van der Waals surface area (Å²) in [7, 11) is 1.82. The van der Waals surface area contributed by atoms with Crippen molar-refractivity contribution in [1.29, 1.82) is 0 Å². The Balaban J connectivity index is 2.12. The van der Waals surface area contributed by atoms with Gasteiger partial charge in [0.05, 0.1) is 6.20 Å². The minimum absolute atomic E-state index is 0.124. The molecule has 2 aromatic rings. The molecule has 2 rings (SSSR count). The van der Waals surface area contributed by atoms with Crippen molar-refractivity contribution in [2.75, 3.05) is 5.32 Å². The van der Waals surface area contributed by atoms with E-state index in [1.807, 2.05) is 13.2 Å². The number of aryl methyl sites for hydroxylation is 1. The van der Waals surface area contributed by atoms with E-state index in [0.29, 0.717) is 11.3 Å². The largest absolute Gasteiger partial charge is 0.326 e. The highest BCUT2D eigenvalue weighted by molar-refractivity contribution is 6.07. The molecule has 20 heavy (non-hydrogen) atoms. The highest BCUT2D eigenvalue weighted by Gasteiger charge is 2.04. The predicted molar refractivity (Wildman–Crippen MR) is 77.3 cm³/mol. The molecular weight excluding hydrogens is 254 g/mol. The maximum absolute atomic E-state index is 12.0. The van der Waals surface area contributed by atoms with Crippen LogP contribution < -0.4 is 5.32 Å². The van der Waals surface area contributed by atoms with Gasteiger partial charge < -0.3 is 5.32 Å². The lowest BCUT2D eigenvalue weighted by Gasteiger charge is -2.03. The third-order valence-electron chi connectivity index (χ3n) is 2.62. The summed E-state index contributed by atoms with van der Waals surface area (Å²) in [5.41, 5.74) is 1.99. The SMILES string of the molecule is CC(=O)Nc1cccc(C(=O)/C=C\c2cnn(C)c2)c1. The first kappa shape index (κ1) is 13.7. The maximum atomic E-state index is 12.0. The van der Waals surface area contributed by atoms with Crippen LogP contribution in [0.3, 0.4) is 0 Å². The monoisotopic (exact) mass is 269 g/mol. The third-order valence-corrected chi connectivity index (χ3v) is 2.62. The lowest BCUT2D eigenvalue weighted by Crippen LogP contribution is -2.06. The van der Waals surface area contributed by atoms with E-state index >= 15 is 0 Å². The number of benzene rings is 1. The number of nitrogens with one attached hydrogen (secondary N) is 1. The van der Waals surface area contributed by atoms with E-state index in [9.17, 15) is 9.59 Å². The Bertz CT molecular complexity index is 671. The second kappa shape index (κ2) is 5.97. The van der Waals surface area contributed by atoms with Crippen LogP contribution in [0.2, 0.25) is 0 Å². The molecule has 5 heteroatoms. The summed E-state index contributed by atoms with van der Waals surface area (Å²) in [4.78, 5) is 23.0. The van der Waals surface area contributed by atoms with Gasteiger partial charge in [-0.1, -0.05) is 12.1 Å². The van der Waals surface area contributed by atoms with Gasteiger partial charge in [-0.25, -0.2) is 0 Å². The van der Waals surface area contributed by atoms with E-state index in [0.717, 1.165) is 5.56 Å². The number of hydrogen-bond acceptors (Lipinski definition) is 3. The normalized spacial score (nSPS) is 10.7. The lowest BCUT2D eigenvalue weighted by atomic mass is 10.1. The number of ketones is 1. The second-order valence-corrected chi connectivity index (χ2v) is 4.41. The van der Waals surface area contributed by atoms with Crippen molar-refractivity contribution in [1.82, 2.24) is 9.78 Å². The number of rotatable bonds is 4. The van der Waals surface area contributed by atoms with Crippen LogP contribution in [0.4, 0.5) is 5.69 Å². The fraction of sp³-hybridized carbons (Fsp3) is 0.133. The van der Waals surface area contributed by atoms with Gasteiger partial charge in [-0.15, -0.1) is 0 Å². The molecule has 0 bridgehead atoms. The average Bonchev–Trinajstić information content (AvgIpc) is 2.81. The molecule has 0 aliphatic carbocycles. The van der Waals surface area contributed by atoms with Gasteiger partial charge in [-0.05, 0) is 24.3 Å².